The van der Waals surface area contributed by atoms with Crippen molar-refractivity contribution in [3.63, 3.8) is 0 Å². The van der Waals surface area contributed by atoms with E-state index in [0.717, 1.165) is 6.42 Å². The van der Waals surface area contributed by atoms with Gasteiger partial charge >= 0.3 is 0 Å². The summed E-state index contributed by atoms with van der Waals surface area (Å²) in [6, 6.07) is 11.2. The summed E-state index contributed by atoms with van der Waals surface area (Å²) < 4.78 is 28.8. The zero-order valence-electron chi connectivity index (χ0n) is 16.4. The zero-order chi connectivity index (χ0) is 19.8. The summed E-state index contributed by atoms with van der Waals surface area (Å²) in [5, 5.41) is 0. The van der Waals surface area contributed by atoms with Crippen LogP contribution in [0.4, 0.5) is 8.78 Å². The molecule has 1 aliphatic rings. The number of amides is 1. The molecule has 0 saturated carbocycles. The molecule has 1 heterocycles. The van der Waals surface area contributed by atoms with Gasteiger partial charge in [0.05, 0.1) is 0 Å². The van der Waals surface area contributed by atoms with Gasteiger partial charge in [-0.15, -0.1) is 0 Å². The second-order valence-corrected chi connectivity index (χ2v) is 8.58. The summed E-state index contributed by atoms with van der Waals surface area (Å²) in [5.41, 5.74) is 1.04. The molecule has 2 unspecified atom stereocenters. The van der Waals surface area contributed by atoms with Crippen molar-refractivity contribution in [2.24, 2.45) is 11.3 Å². The average molecular weight is 371 g/mol. The summed E-state index contributed by atoms with van der Waals surface area (Å²) in [5.74, 6) is -0.291. The van der Waals surface area contributed by atoms with E-state index in [2.05, 4.69) is 6.92 Å². The molecule has 4 heteroatoms. The lowest BCUT2D eigenvalue weighted by Gasteiger charge is -2.32. The second-order valence-electron chi connectivity index (χ2n) is 8.58. The molecule has 0 N–H and O–H groups in total. The van der Waals surface area contributed by atoms with Gasteiger partial charge in [0.25, 0.3) is 0 Å². The highest BCUT2D eigenvalue weighted by Crippen LogP contribution is 2.33. The van der Waals surface area contributed by atoms with Gasteiger partial charge in [-0.05, 0) is 42.0 Å². The first-order valence-corrected chi connectivity index (χ1v) is 9.53. The van der Waals surface area contributed by atoms with Crippen LogP contribution < -0.4 is 0 Å². The van der Waals surface area contributed by atoms with E-state index in [1.165, 1.54) is 12.1 Å². The Bertz CT molecular complexity index is 841. The van der Waals surface area contributed by atoms with Gasteiger partial charge in [0, 0.05) is 23.6 Å². The Morgan fingerprint density at radius 2 is 1.85 bits per heavy atom. The van der Waals surface area contributed by atoms with Gasteiger partial charge in [-0.3, -0.25) is 4.79 Å². The largest absolute Gasteiger partial charge is 0.339 e. The van der Waals surface area contributed by atoms with Crippen LogP contribution in [0.2, 0.25) is 0 Å². The van der Waals surface area contributed by atoms with E-state index in [-0.39, 0.29) is 23.6 Å². The summed E-state index contributed by atoms with van der Waals surface area (Å²) in [4.78, 5) is 14.7. The number of hydrogen-bond acceptors (Lipinski definition) is 1. The number of halogens is 2. The van der Waals surface area contributed by atoms with Crippen LogP contribution in [0, 0.1) is 23.0 Å². The van der Waals surface area contributed by atoms with E-state index < -0.39 is 5.41 Å². The third kappa shape index (κ3) is 4.05. The Kier molecular flexibility index (Phi) is 5.36. The van der Waals surface area contributed by atoms with E-state index in [1.54, 1.807) is 30.3 Å². The van der Waals surface area contributed by atoms with Gasteiger partial charge in [-0.25, -0.2) is 8.78 Å². The maximum Gasteiger partial charge on any atom is 0.228 e. The molecule has 1 amide bonds. The molecule has 0 radical (unpaired) electrons. The van der Waals surface area contributed by atoms with Crippen LogP contribution in [0.3, 0.4) is 0 Å². The highest BCUT2D eigenvalue weighted by atomic mass is 19.1. The van der Waals surface area contributed by atoms with Crippen molar-refractivity contribution in [3.8, 4) is 11.1 Å². The van der Waals surface area contributed by atoms with Crippen molar-refractivity contribution in [1.29, 1.82) is 0 Å². The Labute approximate surface area is 160 Å². The molecule has 2 aromatic carbocycles. The molecular weight excluding hydrogens is 344 g/mol. The van der Waals surface area contributed by atoms with Crippen LogP contribution in [-0.2, 0) is 11.2 Å². The van der Waals surface area contributed by atoms with Crippen LogP contribution >= 0.6 is 0 Å². The van der Waals surface area contributed by atoms with E-state index in [1.807, 2.05) is 25.7 Å². The molecule has 1 fully saturated rings. The first kappa shape index (κ1) is 19.5. The monoisotopic (exact) mass is 371 g/mol. The number of rotatable bonds is 3. The molecule has 0 spiro atoms. The summed E-state index contributed by atoms with van der Waals surface area (Å²) in [7, 11) is 0. The van der Waals surface area contributed by atoms with Crippen molar-refractivity contribution >= 4 is 5.91 Å². The summed E-state index contributed by atoms with van der Waals surface area (Å²) in [6.07, 6.45) is 1.40. The number of likely N-dealkylation sites (tertiary alicyclic amines) is 1. The van der Waals surface area contributed by atoms with E-state index in [0.29, 0.717) is 35.6 Å². The average Bonchev–Trinajstić information content (AvgIpc) is 2.96. The second kappa shape index (κ2) is 7.41. The smallest absolute Gasteiger partial charge is 0.228 e. The van der Waals surface area contributed by atoms with Crippen molar-refractivity contribution in [3.05, 3.63) is 59.7 Å². The zero-order valence-corrected chi connectivity index (χ0v) is 16.4. The number of nitrogens with zero attached hydrogens (tertiary/aromatic N) is 1. The van der Waals surface area contributed by atoms with Crippen LogP contribution in [0.15, 0.2) is 42.5 Å². The fourth-order valence-corrected chi connectivity index (χ4v) is 3.84. The van der Waals surface area contributed by atoms with Gasteiger partial charge in [0.1, 0.15) is 11.6 Å². The maximum absolute atomic E-state index is 15.2. The van der Waals surface area contributed by atoms with Gasteiger partial charge in [0.15, 0.2) is 0 Å². The summed E-state index contributed by atoms with van der Waals surface area (Å²) in [6.45, 7) is 8.59. The van der Waals surface area contributed by atoms with Gasteiger partial charge in [-0.2, -0.15) is 0 Å². The highest BCUT2D eigenvalue weighted by Gasteiger charge is 2.39. The third-order valence-corrected chi connectivity index (χ3v) is 5.43. The molecular formula is C23H27F2NO. The Morgan fingerprint density at radius 3 is 2.52 bits per heavy atom. The quantitative estimate of drug-likeness (QED) is 0.702. The van der Waals surface area contributed by atoms with E-state index in [4.69, 9.17) is 0 Å². The first-order chi connectivity index (χ1) is 12.7. The minimum absolute atomic E-state index is 0.0195. The molecule has 144 valence electrons. The SMILES string of the molecule is CC1CCN(C(=O)C(C)(C)C)C1Cc1cccc(-c2cccc(F)c2)c1F. The lowest BCUT2D eigenvalue weighted by atomic mass is 9.90. The van der Waals surface area contributed by atoms with Gasteiger partial charge < -0.3 is 4.90 Å². The lowest BCUT2D eigenvalue weighted by Crippen LogP contribution is -2.44. The number of hydrogen-bond donors (Lipinski definition) is 0. The van der Waals surface area contributed by atoms with Crippen LogP contribution in [0.5, 0.6) is 0 Å². The first-order valence-electron chi connectivity index (χ1n) is 9.53. The summed E-state index contributed by atoms with van der Waals surface area (Å²) >= 11 is 0. The number of carbonyl (C=O) groups excluding carboxylic acids is 1. The molecule has 1 aliphatic heterocycles. The molecule has 2 nitrogen and oxygen atoms in total. The van der Waals surface area contributed by atoms with E-state index in [9.17, 15) is 9.18 Å². The van der Waals surface area contributed by atoms with Crippen molar-refractivity contribution in [1.82, 2.24) is 4.90 Å². The standard InChI is InChI=1S/C23H27F2NO/c1-15-11-12-26(22(27)23(2,3)4)20(15)14-17-8-6-10-19(21(17)25)16-7-5-9-18(24)13-16/h5-10,13,15,20H,11-12,14H2,1-4H3. The van der Waals surface area contributed by atoms with Crippen molar-refractivity contribution in [2.45, 2.75) is 46.6 Å². The van der Waals surface area contributed by atoms with Crippen LogP contribution in [0.25, 0.3) is 11.1 Å². The van der Waals surface area contributed by atoms with Crippen LogP contribution in [-0.4, -0.2) is 23.4 Å². The predicted molar refractivity (Wildman–Crippen MR) is 104 cm³/mol. The third-order valence-electron chi connectivity index (χ3n) is 5.43. The van der Waals surface area contributed by atoms with Crippen LogP contribution in [0.1, 0.15) is 39.7 Å². The Morgan fingerprint density at radius 1 is 1.15 bits per heavy atom. The van der Waals surface area contributed by atoms with E-state index >= 15 is 4.39 Å². The fourth-order valence-electron chi connectivity index (χ4n) is 3.84. The van der Waals surface area contributed by atoms with Gasteiger partial charge in [-0.1, -0.05) is 58.0 Å². The molecule has 3 rings (SSSR count). The molecule has 27 heavy (non-hydrogen) atoms. The fraction of sp³-hybridized carbons (Fsp3) is 0.435. The topological polar surface area (TPSA) is 20.3 Å². The molecule has 0 bridgehead atoms. The lowest BCUT2D eigenvalue weighted by molar-refractivity contribution is -0.140. The Balaban J connectivity index is 1.91. The molecule has 2 atom stereocenters. The highest BCUT2D eigenvalue weighted by molar-refractivity contribution is 5.82. The Hall–Kier alpha value is -2.23. The molecule has 2 aromatic rings. The number of carbonyl (C=O) groups is 1. The number of benzene rings is 2. The normalized spacial score (nSPS) is 20.1. The minimum Gasteiger partial charge on any atom is -0.339 e. The van der Waals surface area contributed by atoms with Crippen molar-refractivity contribution in [2.75, 3.05) is 6.54 Å². The predicted octanol–water partition coefficient (Wildman–Crippen LogP) is 5.46. The maximum atomic E-state index is 15.2. The van der Waals surface area contributed by atoms with Crippen molar-refractivity contribution < 1.29 is 13.6 Å². The minimum atomic E-state index is -0.454. The molecule has 0 aliphatic carbocycles. The molecule has 1 saturated heterocycles. The molecule has 0 aromatic heterocycles. The van der Waals surface area contributed by atoms with Gasteiger partial charge in [0.2, 0.25) is 5.91 Å².